The molecule has 18 heavy (non-hydrogen) atoms. The van der Waals surface area contributed by atoms with E-state index in [-0.39, 0.29) is 6.04 Å². The highest BCUT2D eigenvalue weighted by Crippen LogP contribution is 2.25. The summed E-state index contributed by atoms with van der Waals surface area (Å²) in [7, 11) is 0. The first kappa shape index (κ1) is 12.6. The van der Waals surface area contributed by atoms with Crippen molar-refractivity contribution in [3.8, 4) is 0 Å². The highest BCUT2D eigenvalue weighted by molar-refractivity contribution is 6.31. The van der Waals surface area contributed by atoms with Crippen LogP contribution in [0.3, 0.4) is 0 Å². The van der Waals surface area contributed by atoms with Crippen LogP contribution in [0, 0.1) is 0 Å². The summed E-state index contributed by atoms with van der Waals surface area (Å²) in [5.74, 6) is 6.54. The maximum atomic E-state index is 6.14. The van der Waals surface area contributed by atoms with Crippen LogP contribution in [0.2, 0.25) is 5.02 Å². The van der Waals surface area contributed by atoms with Crippen LogP contribution in [0.4, 0.5) is 11.6 Å². The average molecular weight is 264 g/mol. The van der Waals surface area contributed by atoms with Crippen LogP contribution in [0.5, 0.6) is 0 Å². The summed E-state index contributed by atoms with van der Waals surface area (Å²) in [6, 6.07) is 9.46. The molecule has 1 aromatic carbocycles. The van der Waals surface area contributed by atoms with Gasteiger partial charge in [0, 0.05) is 11.1 Å². The van der Waals surface area contributed by atoms with Gasteiger partial charge in [0.25, 0.3) is 0 Å². The second-order valence-electron chi connectivity index (χ2n) is 3.82. The maximum Gasteiger partial charge on any atom is 0.145 e. The molecule has 1 atom stereocenters. The molecule has 0 bridgehead atoms. The summed E-state index contributed by atoms with van der Waals surface area (Å²) in [5.41, 5.74) is 3.49. The number of hydrogen-bond donors (Lipinski definition) is 3. The smallest absolute Gasteiger partial charge is 0.145 e. The van der Waals surface area contributed by atoms with Gasteiger partial charge in [-0.15, -0.1) is 0 Å². The van der Waals surface area contributed by atoms with E-state index in [0.717, 1.165) is 10.6 Å². The van der Waals surface area contributed by atoms with E-state index in [2.05, 4.69) is 20.7 Å². The van der Waals surface area contributed by atoms with E-state index < -0.39 is 0 Å². The number of anilines is 2. The van der Waals surface area contributed by atoms with E-state index >= 15 is 0 Å². The molecule has 4 N–H and O–H groups in total. The molecule has 0 aliphatic rings. The molecule has 0 aliphatic carbocycles. The number of nitrogen functional groups attached to an aromatic ring is 1. The monoisotopic (exact) mass is 263 g/mol. The second-order valence-corrected chi connectivity index (χ2v) is 4.23. The predicted octanol–water partition coefficient (Wildman–Crippen LogP) is 2.59. The Bertz CT molecular complexity index is 531. The molecule has 1 unspecified atom stereocenters. The number of hydrazine groups is 1. The standard InChI is InChI=1S/C12H14ClN5/c1-8(9-4-2-3-5-10(9)13)17-11-6-12(18-14)16-7-15-11/h2-8H,14H2,1H3,(H2,15,16,17,18). The van der Waals surface area contributed by atoms with Crippen molar-refractivity contribution >= 4 is 23.2 Å². The van der Waals surface area contributed by atoms with Gasteiger partial charge in [0.05, 0.1) is 6.04 Å². The Balaban J connectivity index is 2.16. The van der Waals surface area contributed by atoms with E-state index in [1.54, 1.807) is 6.07 Å². The Morgan fingerprint density at radius 1 is 1.22 bits per heavy atom. The first-order chi connectivity index (χ1) is 8.70. The highest BCUT2D eigenvalue weighted by Gasteiger charge is 2.09. The molecular weight excluding hydrogens is 250 g/mol. The number of nitrogens with zero attached hydrogens (tertiary/aromatic N) is 2. The lowest BCUT2D eigenvalue weighted by Crippen LogP contribution is -2.12. The van der Waals surface area contributed by atoms with Crippen LogP contribution in [0.25, 0.3) is 0 Å². The molecule has 0 radical (unpaired) electrons. The lowest BCUT2D eigenvalue weighted by Gasteiger charge is -2.16. The van der Waals surface area contributed by atoms with Crippen LogP contribution in [0.15, 0.2) is 36.7 Å². The minimum atomic E-state index is 0.0409. The predicted molar refractivity (Wildman–Crippen MR) is 73.3 cm³/mol. The molecular formula is C12H14ClN5. The topological polar surface area (TPSA) is 75.9 Å². The summed E-state index contributed by atoms with van der Waals surface area (Å²) < 4.78 is 0. The molecule has 1 aromatic heterocycles. The largest absolute Gasteiger partial charge is 0.363 e. The molecule has 2 aromatic rings. The molecule has 0 amide bonds. The van der Waals surface area contributed by atoms with Gasteiger partial charge in [0.1, 0.15) is 18.0 Å². The van der Waals surface area contributed by atoms with Crippen molar-refractivity contribution < 1.29 is 0 Å². The van der Waals surface area contributed by atoms with Crippen molar-refractivity contribution in [1.29, 1.82) is 0 Å². The van der Waals surface area contributed by atoms with Crippen molar-refractivity contribution in [2.45, 2.75) is 13.0 Å². The van der Waals surface area contributed by atoms with E-state index in [1.807, 2.05) is 31.2 Å². The van der Waals surface area contributed by atoms with Gasteiger partial charge in [0.15, 0.2) is 0 Å². The van der Waals surface area contributed by atoms with Crippen molar-refractivity contribution in [3.05, 3.63) is 47.2 Å². The number of nitrogens with two attached hydrogens (primary N) is 1. The maximum absolute atomic E-state index is 6.14. The number of rotatable bonds is 4. The number of hydrogen-bond acceptors (Lipinski definition) is 5. The number of benzene rings is 1. The molecule has 0 fully saturated rings. The highest BCUT2D eigenvalue weighted by atomic mass is 35.5. The first-order valence-corrected chi connectivity index (χ1v) is 5.88. The Kier molecular flexibility index (Phi) is 3.96. The van der Waals surface area contributed by atoms with E-state index in [9.17, 15) is 0 Å². The summed E-state index contributed by atoms with van der Waals surface area (Å²) in [5, 5.41) is 3.97. The first-order valence-electron chi connectivity index (χ1n) is 5.50. The van der Waals surface area contributed by atoms with E-state index in [0.29, 0.717) is 11.6 Å². The molecule has 0 saturated heterocycles. The molecule has 0 aliphatic heterocycles. The Morgan fingerprint density at radius 2 is 1.94 bits per heavy atom. The van der Waals surface area contributed by atoms with Crippen LogP contribution < -0.4 is 16.6 Å². The van der Waals surface area contributed by atoms with Gasteiger partial charge in [-0.25, -0.2) is 15.8 Å². The average Bonchev–Trinajstić information content (AvgIpc) is 2.39. The zero-order valence-corrected chi connectivity index (χ0v) is 10.6. The molecule has 6 heteroatoms. The van der Waals surface area contributed by atoms with Gasteiger partial charge in [-0.3, -0.25) is 0 Å². The van der Waals surface area contributed by atoms with Gasteiger partial charge in [-0.1, -0.05) is 29.8 Å². The lowest BCUT2D eigenvalue weighted by atomic mass is 10.1. The van der Waals surface area contributed by atoms with Crippen LogP contribution in [0.1, 0.15) is 18.5 Å². The van der Waals surface area contributed by atoms with Crippen molar-refractivity contribution in [2.24, 2.45) is 5.84 Å². The molecule has 94 valence electrons. The molecule has 1 heterocycles. The fourth-order valence-electron chi connectivity index (χ4n) is 1.64. The minimum absolute atomic E-state index is 0.0409. The van der Waals surface area contributed by atoms with Gasteiger partial charge in [0.2, 0.25) is 0 Å². The third-order valence-electron chi connectivity index (χ3n) is 2.55. The van der Waals surface area contributed by atoms with E-state index in [1.165, 1.54) is 6.33 Å². The summed E-state index contributed by atoms with van der Waals surface area (Å²) in [6.07, 6.45) is 1.44. The molecule has 0 spiro atoms. The van der Waals surface area contributed by atoms with Gasteiger partial charge in [-0.05, 0) is 18.6 Å². The SMILES string of the molecule is CC(Nc1cc(NN)ncn1)c1ccccc1Cl. The summed E-state index contributed by atoms with van der Waals surface area (Å²) in [6.45, 7) is 2.01. The fourth-order valence-corrected chi connectivity index (χ4v) is 1.94. The van der Waals surface area contributed by atoms with Crippen LogP contribution in [-0.4, -0.2) is 9.97 Å². The molecule has 2 rings (SSSR count). The second kappa shape index (κ2) is 5.66. The number of nitrogens with one attached hydrogen (secondary N) is 2. The van der Waals surface area contributed by atoms with Crippen molar-refractivity contribution in [1.82, 2.24) is 9.97 Å². The number of aromatic nitrogens is 2. The zero-order valence-electron chi connectivity index (χ0n) is 9.89. The normalized spacial score (nSPS) is 11.9. The lowest BCUT2D eigenvalue weighted by molar-refractivity contribution is 0.872. The summed E-state index contributed by atoms with van der Waals surface area (Å²) in [4.78, 5) is 8.06. The van der Waals surface area contributed by atoms with Crippen LogP contribution >= 0.6 is 11.6 Å². The van der Waals surface area contributed by atoms with E-state index in [4.69, 9.17) is 17.4 Å². The Labute approximate surface area is 110 Å². The van der Waals surface area contributed by atoms with Gasteiger partial charge in [-0.2, -0.15) is 0 Å². The fraction of sp³-hybridized carbons (Fsp3) is 0.167. The van der Waals surface area contributed by atoms with Crippen LogP contribution in [-0.2, 0) is 0 Å². The third kappa shape index (κ3) is 2.88. The zero-order chi connectivity index (χ0) is 13.0. The van der Waals surface area contributed by atoms with Crippen molar-refractivity contribution in [2.75, 3.05) is 10.7 Å². The quantitative estimate of drug-likeness (QED) is 0.584. The Morgan fingerprint density at radius 3 is 2.67 bits per heavy atom. The minimum Gasteiger partial charge on any atom is -0.363 e. The number of halogens is 1. The van der Waals surface area contributed by atoms with Gasteiger partial charge < -0.3 is 10.7 Å². The van der Waals surface area contributed by atoms with Crippen molar-refractivity contribution in [3.63, 3.8) is 0 Å². The summed E-state index contributed by atoms with van der Waals surface area (Å²) >= 11 is 6.14. The molecule has 0 saturated carbocycles. The Hall–Kier alpha value is -1.85. The third-order valence-corrected chi connectivity index (χ3v) is 2.90. The molecule has 5 nitrogen and oxygen atoms in total. The van der Waals surface area contributed by atoms with Gasteiger partial charge >= 0.3 is 0 Å².